The minimum Gasteiger partial charge on any atom is -0.372 e. The second-order valence-electron chi connectivity index (χ2n) is 6.12. The number of nitrogens with zero attached hydrogens (tertiary/aromatic N) is 1. The van der Waals surface area contributed by atoms with Crippen molar-refractivity contribution >= 4 is 17.3 Å². The summed E-state index contributed by atoms with van der Waals surface area (Å²) in [6.45, 7) is 2.05. The van der Waals surface area contributed by atoms with Crippen molar-refractivity contribution in [3.05, 3.63) is 59.7 Å². The van der Waals surface area contributed by atoms with E-state index in [1.807, 2.05) is 12.1 Å². The van der Waals surface area contributed by atoms with Gasteiger partial charge in [0.05, 0.1) is 5.56 Å². The van der Waals surface area contributed by atoms with Gasteiger partial charge >= 0.3 is 6.18 Å². The Morgan fingerprint density at radius 1 is 0.880 bits per heavy atom. The molecule has 0 bridgehead atoms. The van der Waals surface area contributed by atoms with Gasteiger partial charge in [-0.3, -0.25) is 4.79 Å². The van der Waals surface area contributed by atoms with Crippen LogP contribution in [0.15, 0.2) is 48.5 Å². The summed E-state index contributed by atoms with van der Waals surface area (Å²) >= 11 is 0. The number of benzene rings is 2. The number of amides is 1. The van der Waals surface area contributed by atoms with Crippen molar-refractivity contribution in [1.29, 1.82) is 0 Å². The normalized spacial score (nSPS) is 15.1. The number of rotatable bonds is 3. The predicted molar refractivity (Wildman–Crippen MR) is 91.9 cm³/mol. The van der Waals surface area contributed by atoms with E-state index >= 15 is 0 Å². The summed E-state index contributed by atoms with van der Waals surface area (Å²) in [6.07, 6.45) is -0.775. The Morgan fingerprint density at radius 2 is 1.48 bits per heavy atom. The first-order valence-electron chi connectivity index (χ1n) is 8.27. The van der Waals surface area contributed by atoms with Crippen molar-refractivity contribution in [3.63, 3.8) is 0 Å². The predicted octanol–water partition coefficient (Wildman–Crippen LogP) is 4.95. The van der Waals surface area contributed by atoms with E-state index in [2.05, 4.69) is 10.2 Å². The summed E-state index contributed by atoms with van der Waals surface area (Å²) in [7, 11) is 0. The summed E-state index contributed by atoms with van der Waals surface area (Å²) in [6, 6.07) is 11.7. The van der Waals surface area contributed by atoms with Crippen LogP contribution in [0.4, 0.5) is 24.5 Å². The van der Waals surface area contributed by atoms with Crippen LogP contribution in [0.2, 0.25) is 0 Å². The number of halogens is 3. The largest absolute Gasteiger partial charge is 0.416 e. The first-order chi connectivity index (χ1) is 11.9. The molecule has 0 aromatic heterocycles. The summed E-state index contributed by atoms with van der Waals surface area (Å²) in [5.74, 6) is -0.343. The number of carbonyl (C=O) groups excluding carboxylic acids is 1. The van der Waals surface area contributed by atoms with Crippen LogP contribution >= 0.6 is 0 Å². The van der Waals surface area contributed by atoms with E-state index in [1.165, 1.54) is 31.4 Å². The van der Waals surface area contributed by atoms with Crippen LogP contribution in [0.3, 0.4) is 0 Å². The number of piperidine rings is 1. The van der Waals surface area contributed by atoms with Crippen molar-refractivity contribution in [3.8, 4) is 0 Å². The van der Waals surface area contributed by atoms with Crippen molar-refractivity contribution in [1.82, 2.24) is 0 Å². The highest BCUT2D eigenvalue weighted by molar-refractivity contribution is 6.04. The lowest BCUT2D eigenvalue weighted by Crippen LogP contribution is -2.29. The third kappa shape index (κ3) is 4.32. The van der Waals surface area contributed by atoms with Crippen molar-refractivity contribution < 1.29 is 18.0 Å². The Bertz CT molecular complexity index is 718. The average Bonchev–Trinajstić information content (AvgIpc) is 2.62. The van der Waals surface area contributed by atoms with Gasteiger partial charge in [0.1, 0.15) is 0 Å². The van der Waals surface area contributed by atoms with E-state index in [-0.39, 0.29) is 5.91 Å². The highest BCUT2D eigenvalue weighted by atomic mass is 19.4. The number of alkyl halides is 3. The molecule has 1 aliphatic heterocycles. The minimum atomic E-state index is -4.38. The molecule has 1 amide bonds. The van der Waals surface area contributed by atoms with Gasteiger partial charge in [0.25, 0.3) is 5.91 Å². The first kappa shape index (κ1) is 17.3. The van der Waals surface area contributed by atoms with E-state index < -0.39 is 11.7 Å². The number of hydrogen-bond donors (Lipinski definition) is 1. The lowest BCUT2D eigenvalue weighted by atomic mass is 10.1. The fourth-order valence-electron chi connectivity index (χ4n) is 2.92. The van der Waals surface area contributed by atoms with Gasteiger partial charge in [-0.05, 0) is 67.8 Å². The molecular formula is C19H19F3N2O. The van der Waals surface area contributed by atoms with E-state index in [9.17, 15) is 18.0 Å². The Hall–Kier alpha value is -2.50. The fraction of sp³-hybridized carbons (Fsp3) is 0.316. The Balaban J connectivity index is 1.64. The summed E-state index contributed by atoms with van der Waals surface area (Å²) in [4.78, 5) is 14.5. The van der Waals surface area contributed by atoms with E-state index in [4.69, 9.17) is 0 Å². The lowest BCUT2D eigenvalue weighted by molar-refractivity contribution is -0.137. The van der Waals surface area contributed by atoms with Crippen LogP contribution in [0.5, 0.6) is 0 Å². The smallest absolute Gasteiger partial charge is 0.372 e. The van der Waals surface area contributed by atoms with Crippen molar-refractivity contribution in [2.24, 2.45) is 0 Å². The molecule has 0 saturated carbocycles. The zero-order valence-corrected chi connectivity index (χ0v) is 13.6. The molecule has 1 heterocycles. The van der Waals surface area contributed by atoms with Gasteiger partial charge in [-0.1, -0.05) is 0 Å². The molecule has 0 atom stereocenters. The van der Waals surface area contributed by atoms with Gasteiger partial charge in [-0.25, -0.2) is 0 Å². The third-order valence-corrected chi connectivity index (χ3v) is 4.32. The molecule has 1 aliphatic rings. The highest BCUT2D eigenvalue weighted by Gasteiger charge is 2.30. The fourth-order valence-corrected chi connectivity index (χ4v) is 2.92. The molecule has 0 spiro atoms. The van der Waals surface area contributed by atoms with Crippen LogP contribution < -0.4 is 10.2 Å². The van der Waals surface area contributed by atoms with Crippen LogP contribution in [0.25, 0.3) is 0 Å². The zero-order valence-electron chi connectivity index (χ0n) is 13.6. The topological polar surface area (TPSA) is 32.3 Å². The van der Waals surface area contributed by atoms with Crippen LogP contribution in [-0.4, -0.2) is 19.0 Å². The SMILES string of the molecule is O=C(Nc1ccc(C(F)(F)F)cc1)c1ccc(N2CCCCC2)cc1. The number of carbonyl (C=O) groups is 1. The Morgan fingerprint density at radius 3 is 2.04 bits per heavy atom. The molecule has 132 valence electrons. The quantitative estimate of drug-likeness (QED) is 0.851. The molecule has 3 rings (SSSR count). The maximum atomic E-state index is 12.5. The average molecular weight is 348 g/mol. The maximum absolute atomic E-state index is 12.5. The lowest BCUT2D eigenvalue weighted by Gasteiger charge is -2.28. The monoisotopic (exact) mass is 348 g/mol. The van der Waals surface area contributed by atoms with Gasteiger partial charge in [0, 0.05) is 30.0 Å². The maximum Gasteiger partial charge on any atom is 0.416 e. The van der Waals surface area contributed by atoms with Gasteiger partial charge in [-0.2, -0.15) is 13.2 Å². The molecular weight excluding hydrogens is 329 g/mol. The third-order valence-electron chi connectivity index (χ3n) is 4.32. The van der Waals surface area contributed by atoms with Crippen LogP contribution in [0.1, 0.15) is 35.2 Å². The standard InChI is InChI=1S/C19H19F3N2O/c20-19(21,22)15-6-8-16(9-7-15)23-18(25)14-4-10-17(11-5-14)24-12-2-1-3-13-24/h4-11H,1-3,12-13H2,(H,23,25). The van der Waals surface area contributed by atoms with E-state index in [0.717, 1.165) is 30.9 Å². The molecule has 0 unspecified atom stereocenters. The molecule has 2 aromatic rings. The second-order valence-corrected chi connectivity index (χ2v) is 6.12. The van der Waals surface area contributed by atoms with Crippen molar-refractivity contribution in [2.75, 3.05) is 23.3 Å². The summed E-state index contributed by atoms with van der Waals surface area (Å²) < 4.78 is 37.6. The molecule has 0 aliphatic carbocycles. The Labute approximate surface area is 144 Å². The van der Waals surface area contributed by atoms with Gasteiger partial charge in [0.15, 0.2) is 0 Å². The first-order valence-corrected chi connectivity index (χ1v) is 8.27. The molecule has 2 aromatic carbocycles. The van der Waals surface area contributed by atoms with Crippen LogP contribution in [-0.2, 0) is 6.18 Å². The summed E-state index contributed by atoms with van der Waals surface area (Å²) in [5.41, 5.74) is 1.15. The summed E-state index contributed by atoms with van der Waals surface area (Å²) in [5, 5.41) is 2.62. The zero-order chi connectivity index (χ0) is 17.9. The van der Waals surface area contributed by atoms with Crippen molar-refractivity contribution in [2.45, 2.75) is 25.4 Å². The molecule has 1 fully saturated rings. The van der Waals surface area contributed by atoms with Gasteiger partial charge in [0.2, 0.25) is 0 Å². The van der Waals surface area contributed by atoms with Crippen LogP contribution in [0, 0.1) is 0 Å². The van der Waals surface area contributed by atoms with Gasteiger partial charge in [-0.15, -0.1) is 0 Å². The number of anilines is 2. The number of nitrogens with one attached hydrogen (secondary N) is 1. The molecule has 0 radical (unpaired) electrons. The molecule has 1 N–H and O–H groups in total. The van der Waals surface area contributed by atoms with E-state index in [0.29, 0.717) is 11.3 Å². The highest BCUT2D eigenvalue weighted by Crippen LogP contribution is 2.30. The number of hydrogen-bond acceptors (Lipinski definition) is 2. The molecule has 3 nitrogen and oxygen atoms in total. The molecule has 6 heteroatoms. The molecule has 1 saturated heterocycles. The van der Waals surface area contributed by atoms with E-state index in [1.54, 1.807) is 12.1 Å². The second kappa shape index (κ2) is 7.17. The minimum absolute atomic E-state index is 0.332. The Kier molecular flexibility index (Phi) is 4.97. The molecule has 25 heavy (non-hydrogen) atoms. The van der Waals surface area contributed by atoms with Gasteiger partial charge < -0.3 is 10.2 Å².